The molecule has 1 aromatic carbocycles. The van der Waals surface area contributed by atoms with Crippen LogP contribution in [0.4, 0.5) is 5.69 Å². The lowest BCUT2D eigenvalue weighted by Gasteiger charge is -2.07. The van der Waals surface area contributed by atoms with E-state index < -0.39 is 0 Å². The average molecular weight is 226 g/mol. The summed E-state index contributed by atoms with van der Waals surface area (Å²) in [6.45, 7) is 4.09. The molecule has 0 aliphatic rings. The van der Waals surface area contributed by atoms with Crippen LogP contribution >= 0.6 is 11.6 Å². The van der Waals surface area contributed by atoms with Crippen LogP contribution in [0.1, 0.15) is 6.92 Å². The summed E-state index contributed by atoms with van der Waals surface area (Å²) >= 11 is 5.97. The molecule has 0 radical (unpaired) electrons. The number of anilines is 1. The molecular weight excluding hydrogens is 210 g/mol. The van der Waals surface area contributed by atoms with Gasteiger partial charge in [0.05, 0.1) is 23.9 Å². The lowest BCUT2D eigenvalue weighted by atomic mass is 10.3. The first-order valence-corrected chi connectivity index (χ1v) is 5.39. The zero-order valence-corrected chi connectivity index (χ0v) is 9.63. The Morgan fingerprint density at radius 3 is 2.93 bits per heavy atom. The van der Waals surface area contributed by atoms with Crippen molar-refractivity contribution in [3.8, 4) is 0 Å². The number of hydrogen-bond donors (Lipinski definition) is 1. The quantitative estimate of drug-likeness (QED) is 0.592. The van der Waals surface area contributed by atoms with Crippen molar-refractivity contribution in [2.24, 2.45) is 0 Å². The number of allylic oxidation sites excluding steroid dienone is 1. The van der Waals surface area contributed by atoms with Crippen LogP contribution < -0.4 is 5.32 Å². The number of ether oxygens (including phenoxy) is 1. The molecule has 1 N–H and O–H groups in total. The van der Waals surface area contributed by atoms with Crippen molar-refractivity contribution in [1.29, 1.82) is 0 Å². The van der Waals surface area contributed by atoms with Crippen LogP contribution in [0.2, 0.25) is 5.02 Å². The van der Waals surface area contributed by atoms with Gasteiger partial charge in [0.25, 0.3) is 0 Å². The second-order valence-corrected chi connectivity index (χ2v) is 3.46. The summed E-state index contributed by atoms with van der Waals surface area (Å²) in [5, 5.41) is 3.95. The van der Waals surface area contributed by atoms with Crippen molar-refractivity contribution in [3.63, 3.8) is 0 Å². The summed E-state index contributed by atoms with van der Waals surface area (Å²) < 4.78 is 5.34. The molecule has 15 heavy (non-hydrogen) atoms. The van der Waals surface area contributed by atoms with Gasteiger partial charge >= 0.3 is 0 Å². The van der Waals surface area contributed by atoms with Gasteiger partial charge in [0.1, 0.15) is 0 Å². The minimum Gasteiger partial charge on any atom is -0.382 e. The average Bonchev–Trinajstić information content (AvgIpc) is 2.25. The van der Waals surface area contributed by atoms with Crippen molar-refractivity contribution >= 4 is 17.3 Å². The molecule has 3 heteroatoms. The molecule has 0 amide bonds. The number of halogens is 1. The summed E-state index contributed by atoms with van der Waals surface area (Å²) in [7, 11) is 0. The number of rotatable bonds is 6. The van der Waals surface area contributed by atoms with Crippen LogP contribution in [0.25, 0.3) is 0 Å². The van der Waals surface area contributed by atoms with Crippen LogP contribution in [0.3, 0.4) is 0 Å². The number of hydrogen-bond acceptors (Lipinski definition) is 2. The van der Waals surface area contributed by atoms with Gasteiger partial charge in [-0.05, 0) is 19.1 Å². The predicted octanol–water partition coefficient (Wildman–Crippen LogP) is 3.34. The van der Waals surface area contributed by atoms with E-state index in [1.54, 1.807) is 0 Å². The lowest BCUT2D eigenvalue weighted by Crippen LogP contribution is -2.09. The molecule has 0 saturated carbocycles. The highest BCUT2D eigenvalue weighted by atomic mass is 35.5. The Balaban J connectivity index is 2.18. The minimum absolute atomic E-state index is 0.667. The fourth-order valence-corrected chi connectivity index (χ4v) is 1.31. The maximum Gasteiger partial charge on any atom is 0.0648 e. The highest BCUT2D eigenvalue weighted by Gasteiger charge is 1.95. The van der Waals surface area contributed by atoms with Gasteiger partial charge < -0.3 is 10.1 Å². The number of benzene rings is 1. The van der Waals surface area contributed by atoms with Crippen LogP contribution in [0, 0.1) is 0 Å². The topological polar surface area (TPSA) is 21.3 Å². The van der Waals surface area contributed by atoms with E-state index in [2.05, 4.69) is 5.32 Å². The van der Waals surface area contributed by atoms with Crippen LogP contribution in [-0.4, -0.2) is 19.8 Å². The molecule has 0 fully saturated rings. The Kier molecular flexibility index (Phi) is 5.90. The van der Waals surface area contributed by atoms with E-state index in [0.717, 1.165) is 17.3 Å². The fourth-order valence-electron chi connectivity index (χ4n) is 1.11. The Bertz CT molecular complexity index is 312. The Morgan fingerprint density at radius 1 is 1.40 bits per heavy atom. The third-order valence-electron chi connectivity index (χ3n) is 1.89. The molecule has 1 rings (SSSR count). The van der Waals surface area contributed by atoms with Gasteiger partial charge in [0, 0.05) is 6.54 Å². The van der Waals surface area contributed by atoms with E-state index in [4.69, 9.17) is 16.3 Å². The summed E-state index contributed by atoms with van der Waals surface area (Å²) in [5.74, 6) is 0. The SMILES string of the molecule is CC=CCOCCNc1ccccc1Cl. The Morgan fingerprint density at radius 2 is 2.20 bits per heavy atom. The van der Waals surface area contributed by atoms with E-state index in [0.29, 0.717) is 13.2 Å². The Labute approximate surface area is 95.9 Å². The zero-order valence-electron chi connectivity index (χ0n) is 8.87. The van der Waals surface area contributed by atoms with Gasteiger partial charge in [-0.15, -0.1) is 0 Å². The summed E-state index contributed by atoms with van der Waals surface area (Å²) in [5.41, 5.74) is 0.953. The van der Waals surface area contributed by atoms with Gasteiger partial charge in [0.15, 0.2) is 0 Å². The first kappa shape index (κ1) is 12.1. The zero-order chi connectivity index (χ0) is 10.9. The summed E-state index contributed by atoms with van der Waals surface area (Å²) in [6.07, 6.45) is 3.96. The first-order valence-electron chi connectivity index (χ1n) is 5.02. The molecule has 0 aromatic heterocycles. The lowest BCUT2D eigenvalue weighted by molar-refractivity contribution is 0.173. The minimum atomic E-state index is 0.667. The van der Waals surface area contributed by atoms with Crippen molar-refractivity contribution in [3.05, 3.63) is 41.4 Å². The Hall–Kier alpha value is -0.990. The third kappa shape index (κ3) is 4.86. The van der Waals surface area contributed by atoms with Crippen molar-refractivity contribution in [2.75, 3.05) is 25.1 Å². The molecule has 1 aromatic rings. The molecule has 0 heterocycles. The molecule has 0 spiro atoms. The maximum absolute atomic E-state index is 5.97. The van der Waals surface area contributed by atoms with E-state index >= 15 is 0 Å². The summed E-state index contributed by atoms with van der Waals surface area (Å²) in [6, 6.07) is 7.68. The summed E-state index contributed by atoms with van der Waals surface area (Å²) in [4.78, 5) is 0. The largest absolute Gasteiger partial charge is 0.382 e. The normalized spacial score (nSPS) is 10.8. The second kappa shape index (κ2) is 7.32. The van der Waals surface area contributed by atoms with E-state index in [9.17, 15) is 0 Å². The van der Waals surface area contributed by atoms with Crippen molar-refractivity contribution in [1.82, 2.24) is 0 Å². The van der Waals surface area contributed by atoms with Gasteiger partial charge in [-0.25, -0.2) is 0 Å². The fraction of sp³-hybridized carbons (Fsp3) is 0.333. The smallest absolute Gasteiger partial charge is 0.0648 e. The number of nitrogens with one attached hydrogen (secondary N) is 1. The molecule has 0 bridgehead atoms. The molecule has 0 aliphatic heterocycles. The molecule has 0 aliphatic carbocycles. The molecular formula is C12H16ClNO. The van der Waals surface area contributed by atoms with Crippen molar-refractivity contribution in [2.45, 2.75) is 6.92 Å². The van der Waals surface area contributed by atoms with Gasteiger partial charge in [-0.3, -0.25) is 0 Å². The van der Waals surface area contributed by atoms with Gasteiger partial charge in [0.2, 0.25) is 0 Å². The number of para-hydroxylation sites is 1. The van der Waals surface area contributed by atoms with Crippen molar-refractivity contribution < 1.29 is 4.74 Å². The van der Waals surface area contributed by atoms with Crippen LogP contribution in [-0.2, 0) is 4.74 Å². The third-order valence-corrected chi connectivity index (χ3v) is 2.22. The molecule has 82 valence electrons. The molecule has 0 saturated heterocycles. The van der Waals surface area contributed by atoms with E-state index in [-0.39, 0.29) is 0 Å². The van der Waals surface area contributed by atoms with E-state index in [1.165, 1.54) is 0 Å². The van der Waals surface area contributed by atoms with E-state index in [1.807, 2.05) is 43.3 Å². The monoisotopic (exact) mass is 225 g/mol. The predicted molar refractivity (Wildman–Crippen MR) is 65.6 cm³/mol. The second-order valence-electron chi connectivity index (χ2n) is 3.05. The van der Waals surface area contributed by atoms with Crippen LogP contribution in [0.15, 0.2) is 36.4 Å². The van der Waals surface area contributed by atoms with Crippen LogP contribution in [0.5, 0.6) is 0 Å². The standard InChI is InChI=1S/C12H16ClNO/c1-2-3-9-15-10-8-14-12-7-5-4-6-11(12)13/h2-7,14H,8-10H2,1H3. The molecule has 0 atom stereocenters. The highest BCUT2D eigenvalue weighted by Crippen LogP contribution is 2.19. The van der Waals surface area contributed by atoms with Gasteiger partial charge in [-0.2, -0.15) is 0 Å². The highest BCUT2D eigenvalue weighted by molar-refractivity contribution is 6.33. The molecule has 2 nitrogen and oxygen atoms in total. The molecule has 0 unspecified atom stereocenters. The first-order chi connectivity index (χ1) is 7.34. The van der Waals surface area contributed by atoms with Gasteiger partial charge in [-0.1, -0.05) is 35.9 Å². The maximum atomic E-state index is 5.97.